The van der Waals surface area contributed by atoms with E-state index in [1.165, 1.54) is 7.05 Å². The SMILES string of the molecule is CNS(=O)(=O)c1ccccc1NCc1cc(C#N)n(C)c1. The third-order valence-corrected chi connectivity index (χ3v) is 4.58. The van der Waals surface area contributed by atoms with Crippen molar-refractivity contribution in [2.75, 3.05) is 12.4 Å². The summed E-state index contributed by atoms with van der Waals surface area (Å²) in [5, 5.41) is 12.0. The molecule has 0 saturated carbocycles. The van der Waals surface area contributed by atoms with E-state index in [1.54, 1.807) is 41.9 Å². The van der Waals surface area contributed by atoms with Crippen molar-refractivity contribution in [1.82, 2.24) is 9.29 Å². The zero-order chi connectivity index (χ0) is 15.5. The first-order chi connectivity index (χ1) is 9.97. The van der Waals surface area contributed by atoms with Gasteiger partial charge in [0.15, 0.2) is 0 Å². The molecule has 1 aromatic heterocycles. The summed E-state index contributed by atoms with van der Waals surface area (Å²) in [5.41, 5.74) is 1.99. The highest BCUT2D eigenvalue weighted by atomic mass is 32.2. The molecule has 0 radical (unpaired) electrons. The summed E-state index contributed by atoms with van der Waals surface area (Å²) in [6, 6.07) is 10.5. The number of nitriles is 1. The molecule has 0 bridgehead atoms. The molecule has 0 atom stereocenters. The van der Waals surface area contributed by atoms with Gasteiger partial charge >= 0.3 is 0 Å². The molecule has 1 heterocycles. The van der Waals surface area contributed by atoms with Crippen LogP contribution in [0, 0.1) is 11.3 Å². The molecule has 0 aliphatic heterocycles. The Morgan fingerprint density at radius 1 is 1.33 bits per heavy atom. The van der Waals surface area contributed by atoms with E-state index in [-0.39, 0.29) is 4.90 Å². The van der Waals surface area contributed by atoms with Crippen LogP contribution in [-0.2, 0) is 23.6 Å². The zero-order valence-corrected chi connectivity index (χ0v) is 12.6. The lowest BCUT2D eigenvalue weighted by atomic mass is 10.3. The second-order valence-electron chi connectivity index (χ2n) is 4.51. The Morgan fingerprint density at radius 3 is 2.67 bits per heavy atom. The normalized spacial score (nSPS) is 11.1. The molecule has 7 heteroatoms. The average Bonchev–Trinajstić information content (AvgIpc) is 2.85. The van der Waals surface area contributed by atoms with Crippen LogP contribution in [0.1, 0.15) is 11.3 Å². The number of hydrogen-bond donors (Lipinski definition) is 2. The zero-order valence-electron chi connectivity index (χ0n) is 11.8. The molecule has 0 aliphatic rings. The lowest BCUT2D eigenvalue weighted by molar-refractivity contribution is 0.588. The average molecular weight is 304 g/mol. The molecule has 110 valence electrons. The fourth-order valence-electron chi connectivity index (χ4n) is 2.00. The second kappa shape index (κ2) is 5.99. The number of rotatable bonds is 5. The molecular formula is C14H16N4O2S. The van der Waals surface area contributed by atoms with Crippen molar-refractivity contribution in [2.24, 2.45) is 7.05 Å². The molecule has 0 unspecified atom stereocenters. The number of anilines is 1. The molecule has 2 aromatic rings. The largest absolute Gasteiger partial charge is 0.380 e. The van der Waals surface area contributed by atoms with E-state index in [4.69, 9.17) is 5.26 Å². The van der Waals surface area contributed by atoms with Crippen LogP contribution in [0.5, 0.6) is 0 Å². The first kappa shape index (κ1) is 15.1. The van der Waals surface area contributed by atoms with E-state index in [2.05, 4.69) is 16.1 Å². The Labute approximate surface area is 124 Å². The molecule has 21 heavy (non-hydrogen) atoms. The van der Waals surface area contributed by atoms with Crippen molar-refractivity contribution in [3.63, 3.8) is 0 Å². The van der Waals surface area contributed by atoms with Crippen LogP contribution in [0.4, 0.5) is 5.69 Å². The van der Waals surface area contributed by atoms with Gasteiger partial charge in [-0.25, -0.2) is 13.1 Å². The van der Waals surface area contributed by atoms with Gasteiger partial charge in [0.2, 0.25) is 10.0 Å². The maximum absolute atomic E-state index is 11.9. The van der Waals surface area contributed by atoms with Crippen molar-refractivity contribution in [3.05, 3.63) is 47.8 Å². The number of para-hydroxylation sites is 1. The summed E-state index contributed by atoms with van der Waals surface area (Å²) in [7, 11) is -0.340. The smallest absolute Gasteiger partial charge is 0.242 e. The lowest BCUT2D eigenvalue weighted by Gasteiger charge is -2.11. The minimum Gasteiger partial charge on any atom is -0.380 e. The molecule has 0 amide bonds. The van der Waals surface area contributed by atoms with Gasteiger partial charge in [-0.05, 0) is 30.8 Å². The van der Waals surface area contributed by atoms with Crippen LogP contribution in [0.3, 0.4) is 0 Å². The van der Waals surface area contributed by atoms with Gasteiger partial charge in [0, 0.05) is 19.8 Å². The predicted octanol–water partition coefficient (Wildman–Crippen LogP) is 1.42. The Morgan fingerprint density at radius 2 is 2.05 bits per heavy atom. The first-order valence-corrected chi connectivity index (χ1v) is 7.78. The van der Waals surface area contributed by atoms with E-state index in [1.807, 2.05) is 6.20 Å². The van der Waals surface area contributed by atoms with Gasteiger partial charge in [0.1, 0.15) is 16.7 Å². The molecule has 0 aliphatic carbocycles. The highest BCUT2D eigenvalue weighted by Gasteiger charge is 2.15. The van der Waals surface area contributed by atoms with E-state index in [0.29, 0.717) is 17.9 Å². The molecule has 0 saturated heterocycles. The molecule has 0 fully saturated rings. The monoisotopic (exact) mass is 304 g/mol. The summed E-state index contributed by atoms with van der Waals surface area (Å²) in [5.74, 6) is 0. The lowest BCUT2D eigenvalue weighted by Crippen LogP contribution is -2.20. The van der Waals surface area contributed by atoms with Gasteiger partial charge in [-0.1, -0.05) is 12.1 Å². The van der Waals surface area contributed by atoms with Crippen molar-refractivity contribution in [2.45, 2.75) is 11.4 Å². The molecule has 2 N–H and O–H groups in total. The number of hydrogen-bond acceptors (Lipinski definition) is 4. The predicted molar refractivity (Wildman–Crippen MR) is 80.1 cm³/mol. The highest BCUT2D eigenvalue weighted by Crippen LogP contribution is 2.21. The van der Waals surface area contributed by atoms with E-state index >= 15 is 0 Å². The van der Waals surface area contributed by atoms with E-state index in [0.717, 1.165) is 5.56 Å². The van der Waals surface area contributed by atoms with Crippen molar-refractivity contribution < 1.29 is 8.42 Å². The Kier molecular flexibility index (Phi) is 4.31. The van der Waals surface area contributed by atoms with Gasteiger partial charge in [-0.2, -0.15) is 5.26 Å². The number of nitrogens with zero attached hydrogens (tertiary/aromatic N) is 2. The van der Waals surface area contributed by atoms with E-state index in [9.17, 15) is 8.42 Å². The number of nitrogens with one attached hydrogen (secondary N) is 2. The van der Waals surface area contributed by atoms with Crippen molar-refractivity contribution in [3.8, 4) is 6.07 Å². The van der Waals surface area contributed by atoms with Crippen LogP contribution in [0.2, 0.25) is 0 Å². The maximum Gasteiger partial charge on any atom is 0.242 e. The standard InChI is InChI=1S/C14H16N4O2S/c1-16-21(19,20)14-6-4-3-5-13(14)17-9-11-7-12(8-15)18(2)10-11/h3-7,10,16-17H,9H2,1-2H3. The first-order valence-electron chi connectivity index (χ1n) is 6.29. The van der Waals surface area contributed by atoms with Gasteiger partial charge in [-0.3, -0.25) is 0 Å². The summed E-state index contributed by atoms with van der Waals surface area (Å²) in [6.07, 6.45) is 1.83. The van der Waals surface area contributed by atoms with Gasteiger partial charge in [0.25, 0.3) is 0 Å². The molecule has 1 aromatic carbocycles. The van der Waals surface area contributed by atoms with Gasteiger partial charge in [-0.15, -0.1) is 0 Å². The Hall–Kier alpha value is -2.30. The third kappa shape index (κ3) is 3.24. The van der Waals surface area contributed by atoms with Crippen LogP contribution < -0.4 is 10.0 Å². The van der Waals surface area contributed by atoms with Crippen LogP contribution in [-0.4, -0.2) is 20.0 Å². The number of aromatic nitrogens is 1. The summed E-state index contributed by atoms with van der Waals surface area (Å²) >= 11 is 0. The van der Waals surface area contributed by atoms with Crippen LogP contribution in [0.15, 0.2) is 41.4 Å². The topological polar surface area (TPSA) is 86.9 Å². The number of sulfonamides is 1. The summed E-state index contributed by atoms with van der Waals surface area (Å²) in [4.78, 5) is 0.198. The highest BCUT2D eigenvalue weighted by molar-refractivity contribution is 7.89. The van der Waals surface area contributed by atoms with Crippen molar-refractivity contribution >= 4 is 15.7 Å². The van der Waals surface area contributed by atoms with Gasteiger partial charge < -0.3 is 9.88 Å². The Balaban J connectivity index is 2.23. The number of aryl methyl sites for hydroxylation is 1. The summed E-state index contributed by atoms with van der Waals surface area (Å²) < 4.78 is 27.9. The second-order valence-corrected chi connectivity index (χ2v) is 6.37. The molecule has 6 nitrogen and oxygen atoms in total. The summed E-state index contributed by atoms with van der Waals surface area (Å²) in [6.45, 7) is 0.436. The van der Waals surface area contributed by atoms with Gasteiger partial charge in [0.05, 0.1) is 5.69 Å². The molecular weight excluding hydrogens is 288 g/mol. The van der Waals surface area contributed by atoms with Crippen molar-refractivity contribution in [1.29, 1.82) is 5.26 Å². The fourth-order valence-corrected chi connectivity index (χ4v) is 2.90. The Bertz CT molecular complexity index is 788. The minimum absolute atomic E-state index is 0.198. The van der Waals surface area contributed by atoms with Crippen LogP contribution >= 0.6 is 0 Å². The minimum atomic E-state index is -3.51. The molecule has 0 spiro atoms. The maximum atomic E-state index is 11.9. The number of benzene rings is 1. The molecule has 2 rings (SSSR count). The fraction of sp³-hybridized carbons (Fsp3) is 0.214. The quantitative estimate of drug-likeness (QED) is 0.874. The van der Waals surface area contributed by atoms with Crippen LogP contribution in [0.25, 0.3) is 0 Å². The third-order valence-electron chi connectivity index (χ3n) is 3.10. The van der Waals surface area contributed by atoms with E-state index < -0.39 is 10.0 Å².